The third-order valence-electron chi connectivity index (χ3n) is 5.05. The predicted molar refractivity (Wildman–Crippen MR) is 107 cm³/mol. The van der Waals surface area contributed by atoms with E-state index in [1.165, 1.54) is 23.5 Å². The summed E-state index contributed by atoms with van der Waals surface area (Å²) in [6, 6.07) is 16.1. The summed E-state index contributed by atoms with van der Waals surface area (Å²) in [4.78, 5) is 15.8. The van der Waals surface area contributed by atoms with Crippen LogP contribution in [0.15, 0.2) is 60.7 Å². The minimum absolute atomic E-state index is 0.145. The fraction of sp³-hybridized carbons (Fsp3) is 0.227. The molecule has 1 atom stereocenters. The van der Waals surface area contributed by atoms with Crippen LogP contribution in [0.2, 0.25) is 0 Å². The summed E-state index contributed by atoms with van der Waals surface area (Å²) in [6.45, 7) is 1.08. The standard InChI is InChI=1S/C22H19F3N2OS/c23-22(24,25)18-8-4-3-7-17(18)20-10-9-16(29-20)11-19(26)21(28)27-12-14-5-1-2-6-15(14)13-27/h1-10,19H,11-13,26H2/t19-/m1/s1. The van der Waals surface area contributed by atoms with Crippen LogP contribution in [0, 0.1) is 0 Å². The molecular weight excluding hydrogens is 397 g/mol. The number of amides is 1. The average Bonchev–Trinajstić information content (AvgIpc) is 3.33. The maximum absolute atomic E-state index is 13.3. The van der Waals surface area contributed by atoms with Gasteiger partial charge in [0.2, 0.25) is 5.91 Å². The van der Waals surface area contributed by atoms with Gasteiger partial charge in [-0.1, -0.05) is 42.5 Å². The molecule has 2 N–H and O–H groups in total. The van der Waals surface area contributed by atoms with Crippen molar-refractivity contribution in [2.24, 2.45) is 5.73 Å². The minimum atomic E-state index is -4.42. The van der Waals surface area contributed by atoms with Gasteiger partial charge in [0.05, 0.1) is 11.6 Å². The molecule has 1 aliphatic heterocycles. The third-order valence-corrected chi connectivity index (χ3v) is 6.19. The molecule has 150 valence electrons. The second kappa shape index (κ2) is 7.65. The third kappa shape index (κ3) is 4.06. The number of rotatable bonds is 4. The lowest BCUT2D eigenvalue weighted by atomic mass is 10.1. The summed E-state index contributed by atoms with van der Waals surface area (Å²) in [5.41, 5.74) is 7.87. The van der Waals surface area contributed by atoms with Crippen molar-refractivity contribution in [1.82, 2.24) is 4.90 Å². The summed E-state index contributed by atoms with van der Waals surface area (Å²) in [5, 5.41) is 0. The molecule has 0 saturated heterocycles. The number of benzene rings is 2. The first-order valence-electron chi connectivity index (χ1n) is 9.19. The number of alkyl halides is 3. The monoisotopic (exact) mass is 416 g/mol. The van der Waals surface area contributed by atoms with Crippen LogP contribution in [0.1, 0.15) is 21.6 Å². The normalized spacial score (nSPS) is 14.7. The number of hydrogen-bond acceptors (Lipinski definition) is 3. The van der Waals surface area contributed by atoms with Gasteiger partial charge in [-0.2, -0.15) is 13.2 Å². The van der Waals surface area contributed by atoms with E-state index in [4.69, 9.17) is 5.73 Å². The molecule has 0 radical (unpaired) electrons. The Morgan fingerprint density at radius 1 is 1.00 bits per heavy atom. The molecule has 2 aromatic carbocycles. The molecule has 29 heavy (non-hydrogen) atoms. The zero-order valence-corrected chi connectivity index (χ0v) is 16.3. The Hall–Kier alpha value is -2.64. The van der Waals surface area contributed by atoms with Gasteiger partial charge < -0.3 is 10.6 Å². The summed E-state index contributed by atoms with van der Waals surface area (Å²) in [5.74, 6) is -0.146. The molecule has 0 saturated carbocycles. The van der Waals surface area contributed by atoms with Crippen LogP contribution in [0.3, 0.4) is 0 Å². The summed E-state index contributed by atoms with van der Waals surface area (Å²) < 4.78 is 39.8. The molecule has 1 aliphatic rings. The lowest BCUT2D eigenvalue weighted by Gasteiger charge is -2.20. The van der Waals surface area contributed by atoms with Gasteiger partial charge in [0.25, 0.3) is 0 Å². The first-order chi connectivity index (χ1) is 13.8. The van der Waals surface area contributed by atoms with E-state index < -0.39 is 17.8 Å². The fourth-order valence-corrected chi connectivity index (χ4v) is 4.71. The topological polar surface area (TPSA) is 46.3 Å². The van der Waals surface area contributed by atoms with Gasteiger partial charge in [-0.3, -0.25) is 4.79 Å². The number of halogens is 3. The van der Waals surface area contributed by atoms with Crippen molar-refractivity contribution in [3.05, 3.63) is 82.2 Å². The second-order valence-electron chi connectivity index (χ2n) is 7.08. The Balaban J connectivity index is 1.47. The van der Waals surface area contributed by atoms with Crippen LogP contribution in [0.25, 0.3) is 10.4 Å². The largest absolute Gasteiger partial charge is 0.417 e. The Kier molecular flexibility index (Phi) is 5.19. The van der Waals surface area contributed by atoms with Gasteiger partial charge in [-0.05, 0) is 29.3 Å². The number of thiophene rings is 1. The summed E-state index contributed by atoms with van der Waals surface area (Å²) in [6.07, 6.45) is -4.12. The summed E-state index contributed by atoms with van der Waals surface area (Å²) >= 11 is 1.24. The quantitative estimate of drug-likeness (QED) is 0.661. The minimum Gasteiger partial charge on any atom is -0.333 e. The molecule has 0 spiro atoms. The predicted octanol–water partition coefficient (Wildman–Crippen LogP) is 4.85. The van der Waals surface area contributed by atoms with E-state index in [0.717, 1.165) is 22.1 Å². The number of fused-ring (bicyclic) bond motifs is 1. The van der Waals surface area contributed by atoms with Crippen molar-refractivity contribution in [3.63, 3.8) is 0 Å². The molecule has 7 heteroatoms. The number of hydrogen-bond donors (Lipinski definition) is 1. The van der Waals surface area contributed by atoms with Gasteiger partial charge >= 0.3 is 6.18 Å². The fourth-order valence-electron chi connectivity index (χ4n) is 3.61. The zero-order chi connectivity index (χ0) is 20.6. The molecule has 3 nitrogen and oxygen atoms in total. The van der Waals surface area contributed by atoms with Crippen molar-refractivity contribution >= 4 is 17.2 Å². The van der Waals surface area contributed by atoms with Crippen molar-refractivity contribution < 1.29 is 18.0 Å². The van der Waals surface area contributed by atoms with Gasteiger partial charge in [0, 0.05) is 34.8 Å². The average molecular weight is 416 g/mol. The first-order valence-corrected chi connectivity index (χ1v) is 10.0. The number of nitrogens with two attached hydrogens (primary N) is 1. The van der Waals surface area contributed by atoms with Gasteiger partial charge in [0.1, 0.15) is 0 Å². The molecular formula is C22H19F3N2OS. The Morgan fingerprint density at radius 3 is 2.28 bits per heavy atom. The highest BCUT2D eigenvalue weighted by molar-refractivity contribution is 7.15. The zero-order valence-electron chi connectivity index (χ0n) is 15.4. The van der Waals surface area contributed by atoms with Crippen LogP contribution in [-0.4, -0.2) is 16.8 Å². The maximum atomic E-state index is 13.3. The highest BCUT2D eigenvalue weighted by Crippen LogP contribution is 2.39. The SMILES string of the molecule is N[C@H](Cc1ccc(-c2ccccc2C(F)(F)F)s1)C(=O)N1Cc2ccccc2C1. The van der Waals surface area contributed by atoms with Crippen molar-refractivity contribution in [2.75, 3.05) is 0 Å². The van der Waals surface area contributed by atoms with Gasteiger partial charge in [-0.25, -0.2) is 0 Å². The lowest BCUT2D eigenvalue weighted by Crippen LogP contribution is -2.42. The molecule has 4 rings (SSSR count). The van der Waals surface area contributed by atoms with Crippen LogP contribution < -0.4 is 5.73 Å². The second-order valence-corrected chi connectivity index (χ2v) is 8.25. The molecule has 3 aromatic rings. The van der Waals surface area contributed by atoms with Crippen LogP contribution in [-0.2, 0) is 30.5 Å². The first kappa shape index (κ1) is 19.7. The number of carbonyl (C=O) groups excluding carboxylic acids is 1. The van der Waals surface area contributed by atoms with Crippen LogP contribution in [0.4, 0.5) is 13.2 Å². The maximum Gasteiger partial charge on any atom is 0.417 e. The smallest absolute Gasteiger partial charge is 0.333 e. The highest BCUT2D eigenvalue weighted by atomic mass is 32.1. The number of carbonyl (C=O) groups is 1. The molecule has 2 heterocycles. The van der Waals surface area contributed by atoms with Crippen molar-refractivity contribution in [1.29, 1.82) is 0 Å². The Bertz CT molecular complexity index is 1020. The summed E-state index contributed by atoms with van der Waals surface area (Å²) in [7, 11) is 0. The lowest BCUT2D eigenvalue weighted by molar-refractivity contribution is -0.137. The van der Waals surface area contributed by atoms with E-state index in [0.29, 0.717) is 24.4 Å². The van der Waals surface area contributed by atoms with Gasteiger partial charge in [0.15, 0.2) is 0 Å². The van der Waals surface area contributed by atoms with E-state index in [-0.39, 0.29) is 11.5 Å². The molecule has 1 amide bonds. The van der Waals surface area contributed by atoms with E-state index >= 15 is 0 Å². The molecule has 0 bridgehead atoms. The van der Waals surface area contributed by atoms with E-state index in [1.54, 1.807) is 23.1 Å². The Morgan fingerprint density at radius 2 is 1.62 bits per heavy atom. The molecule has 0 unspecified atom stereocenters. The van der Waals surface area contributed by atoms with Gasteiger partial charge in [-0.15, -0.1) is 11.3 Å². The molecule has 0 aliphatic carbocycles. The number of nitrogens with zero attached hydrogens (tertiary/aromatic N) is 1. The van der Waals surface area contributed by atoms with Crippen molar-refractivity contribution in [2.45, 2.75) is 31.7 Å². The highest BCUT2D eigenvalue weighted by Gasteiger charge is 2.33. The van der Waals surface area contributed by atoms with Crippen molar-refractivity contribution in [3.8, 4) is 10.4 Å². The van der Waals surface area contributed by atoms with E-state index in [2.05, 4.69) is 0 Å². The van der Waals surface area contributed by atoms with Crippen LogP contribution >= 0.6 is 11.3 Å². The van der Waals surface area contributed by atoms with Crippen LogP contribution in [0.5, 0.6) is 0 Å². The van der Waals surface area contributed by atoms with E-state index in [9.17, 15) is 18.0 Å². The Labute approximate surface area is 170 Å². The molecule has 1 aromatic heterocycles. The molecule has 0 fully saturated rings. The van der Waals surface area contributed by atoms with E-state index in [1.807, 2.05) is 24.3 Å².